The molecule has 1 aromatic carbocycles. The summed E-state index contributed by atoms with van der Waals surface area (Å²) in [4.78, 5) is 19.3. The second-order valence-corrected chi connectivity index (χ2v) is 5.53. The molecule has 0 bridgehead atoms. The summed E-state index contributed by atoms with van der Waals surface area (Å²) in [5.74, 6) is 0.642. The lowest BCUT2D eigenvalue weighted by Crippen LogP contribution is -2.30. The van der Waals surface area contributed by atoms with Crippen molar-refractivity contribution in [3.63, 3.8) is 0 Å². The summed E-state index contributed by atoms with van der Waals surface area (Å²) in [5, 5.41) is 11.0. The Morgan fingerprint density at radius 1 is 1.43 bits per heavy atom. The lowest BCUT2D eigenvalue weighted by Gasteiger charge is -2.00. The van der Waals surface area contributed by atoms with Crippen LogP contribution in [-0.2, 0) is 19.5 Å². The quantitative estimate of drug-likeness (QED) is 0.380. The molecule has 0 atom stereocenters. The first-order valence-corrected chi connectivity index (χ1v) is 7.79. The highest BCUT2D eigenvalue weighted by molar-refractivity contribution is 5.84. The highest BCUT2D eigenvalue weighted by Crippen LogP contribution is 2.22. The Bertz CT molecular complexity index is 821. The van der Waals surface area contributed by atoms with E-state index >= 15 is 0 Å². The van der Waals surface area contributed by atoms with Crippen LogP contribution in [-0.4, -0.2) is 14.5 Å². The first-order chi connectivity index (χ1) is 11.2. The van der Waals surface area contributed by atoms with E-state index in [1.807, 2.05) is 6.20 Å². The van der Waals surface area contributed by atoms with Gasteiger partial charge in [0.25, 0.3) is 5.69 Å². The maximum atomic E-state index is 11.0. The number of nitro groups is 1. The van der Waals surface area contributed by atoms with Crippen molar-refractivity contribution in [3.05, 3.63) is 52.9 Å². The minimum absolute atomic E-state index is 0.0135. The number of nitrogens with zero attached hydrogens (tertiary/aromatic N) is 5. The van der Waals surface area contributed by atoms with Crippen molar-refractivity contribution in [2.75, 3.05) is 0 Å². The number of hydrogen-bond acceptors (Lipinski definition) is 3. The van der Waals surface area contributed by atoms with Gasteiger partial charge in [-0.15, -0.1) is 0 Å². The molecule has 0 saturated heterocycles. The predicted octanol–water partition coefficient (Wildman–Crippen LogP) is 2.23. The van der Waals surface area contributed by atoms with Crippen molar-refractivity contribution >= 4 is 16.7 Å². The van der Waals surface area contributed by atoms with Crippen LogP contribution < -0.4 is 9.55 Å². The van der Waals surface area contributed by atoms with Crippen molar-refractivity contribution < 1.29 is 9.49 Å². The Labute approximate surface area is 133 Å². The van der Waals surface area contributed by atoms with Gasteiger partial charge in [0.15, 0.2) is 0 Å². The second-order valence-electron chi connectivity index (χ2n) is 5.53. The molecule has 7 nitrogen and oxygen atoms in total. The van der Waals surface area contributed by atoms with Gasteiger partial charge < -0.3 is 9.97 Å². The molecule has 23 heavy (non-hydrogen) atoms. The lowest BCUT2D eigenvalue weighted by atomic mass is 10.3. The Morgan fingerprint density at radius 2 is 2.30 bits per heavy atom. The molecule has 0 aliphatic heterocycles. The van der Waals surface area contributed by atoms with E-state index in [-0.39, 0.29) is 5.69 Å². The monoisotopic (exact) mass is 313 g/mol. The van der Waals surface area contributed by atoms with Gasteiger partial charge in [-0.25, -0.2) is 9.13 Å². The fraction of sp³-hybridized carbons (Fsp3) is 0.375. The molecular formula is C16H19N5O2. The molecule has 2 heterocycles. The summed E-state index contributed by atoms with van der Waals surface area (Å²) in [6.07, 6.45) is 9.14. The number of para-hydroxylation sites is 1. The molecule has 0 amide bonds. The number of imidazole rings is 2. The van der Waals surface area contributed by atoms with E-state index in [1.54, 1.807) is 12.1 Å². The molecule has 0 fully saturated rings. The van der Waals surface area contributed by atoms with Crippen molar-refractivity contribution in [1.29, 1.82) is 0 Å². The molecule has 0 radical (unpaired) electrons. The highest BCUT2D eigenvalue weighted by Gasteiger charge is 2.09. The number of aryl methyl sites for hydroxylation is 3. The molecular weight excluding hydrogens is 294 g/mol. The zero-order valence-corrected chi connectivity index (χ0v) is 13.1. The third-order valence-electron chi connectivity index (χ3n) is 3.79. The van der Waals surface area contributed by atoms with Crippen LogP contribution in [0.15, 0.2) is 36.9 Å². The summed E-state index contributed by atoms with van der Waals surface area (Å²) < 4.78 is 4.25. The molecule has 120 valence electrons. The maximum absolute atomic E-state index is 11.0. The Balaban J connectivity index is 1.71. The molecule has 0 spiro atoms. The largest absolute Gasteiger partial charge is 0.439 e. The molecule has 3 rings (SSSR count). The second kappa shape index (κ2) is 6.60. The van der Waals surface area contributed by atoms with Crippen LogP contribution in [0, 0.1) is 10.1 Å². The molecule has 0 N–H and O–H groups in total. The molecule has 0 unspecified atom stereocenters. The van der Waals surface area contributed by atoms with Crippen molar-refractivity contribution in [1.82, 2.24) is 14.5 Å². The van der Waals surface area contributed by atoms with E-state index in [9.17, 15) is 10.1 Å². The minimum atomic E-state index is -0.413. The van der Waals surface area contributed by atoms with Crippen LogP contribution in [0.3, 0.4) is 0 Å². The van der Waals surface area contributed by atoms with E-state index in [0.29, 0.717) is 23.3 Å². The number of benzene rings is 1. The summed E-state index contributed by atoms with van der Waals surface area (Å²) in [5.41, 5.74) is 0.970. The van der Waals surface area contributed by atoms with E-state index < -0.39 is 4.92 Å². The van der Waals surface area contributed by atoms with Gasteiger partial charge in [0.1, 0.15) is 12.4 Å². The standard InChI is InChI=1S/C16H19N5O2/c1-2-3-8-19-10-11-20(12-19)9-7-15-17-13-5-4-6-14(21(22)23)16(13)18-15/h4-6,10-12H,2-3,7-9H2,1H3. The van der Waals surface area contributed by atoms with Gasteiger partial charge >= 0.3 is 0 Å². The molecule has 0 saturated carbocycles. The number of unbranched alkanes of at least 4 members (excludes halogenated alkanes) is 1. The van der Waals surface area contributed by atoms with E-state index in [1.165, 1.54) is 12.5 Å². The molecule has 7 heteroatoms. The zero-order valence-electron chi connectivity index (χ0n) is 13.1. The van der Waals surface area contributed by atoms with Gasteiger partial charge in [-0.1, -0.05) is 31.3 Å². The average Bonchev–Trinajstić information content (AvgIpc) is 3.16. The third-order valence-corrected chi connectivity index (χ3v) is 3.79. The minimum Gasteiger partial charge on any atom is -0.439 e. The fourth-order valence-electron chi connectivity index (χ4n) is 2.55. The van der Waals surface area contributed by atoms with Gasteiger partial charge in [-0.2, -0.15) is 0 Å². The van der Waals surface area contributed by atoms with Crippen LogP contribution in [0.25, 0.3) is 11.0 Å². The first kappa shape index (κ1) is 15.2. The number of rotatable bonds is 7. The van der Waals surface area contributed by atoms with Crippen molar-refractivity contribution in [3.8, 4) is 0 Å². The van der Waals surface area contributed by atoms with Gasteiger partial charge in [-0.05, 0) is 11.9 Å². The predicted molar refractivity (Wildman–Crippen MR) is 85.0 cm³/mol. The topological polar surface area (TPSA) is 78.9 Å². The van der Waals surface area contributed by atoms with Crippen LogP contribution in [0.5, 0.6) is 0 Å². The van der Waals surface area contributed by atoms with Crippen LogP contribution >= 0.6 is 0 Å². The normalized spacial score (nSPS) is 11.2. The summed E-state index contributed by atoms with van der Waals surface area (Å²) in [7, 11) is 0. The Hall–Kier alpha value is -2.70. The molecule has 0 aliphatic rings. The summed E-state index contributed by atoms with van der Waals surface area (Å²) >= 11 is 0. The van der Waals surface area contributed by atoms with Gasteiger partial charge in [0.2, 0.25) is 6.33 Å². The van der Waals surface area contributed by atoms with E-state index in [4.69, 9.17) is 0 Å². The number of fused-ring (bicyclic) bond motifs is 1. The zero-order chi connectivity index (χ0) is 16.2. The number of non-ortho nitro benzene ring substituents is 1. The fourth-order valence-corrected chi connectivity index (χ4v) is 2.55. The van der Waals surface area contributed by atoms with Crippen molar-refractivity contribution in [2.24, 2.45) is 0 Å². The van der Waals surface area contributed by atoms with Gasteiger partial charge in [0.05, 0.1) is 18.0 Å². The number of hydrogen-bond donors (Lipinski definition) is 0. The van der Waals surface area contributed by atoms with E-state index in [2.05, 4.69) is 38.6 Å². The van der Waals surface area contributed by atoms with Crippen molar-refractivity contribution in [2.45, 2.75) is 39.3 Å². The van der Waals surface area contributed by atoms with Crippen LogP contribution in [0.2, 0.25) is 0 Å². The molecule has 3 aromatic rings. The Morgan fingerprint density at radius 3 is 3.09 bits per heavy atom. The smallest absolute Gasteiger partial charge is 0.272 e. The molecule has 0 aliphatic carbocycles. The van der Waals surface area contributed by atoms with Crippen LogP contribution in [0.1, 0.15) is 25.6 Å². The van der Waals surface area contributed by atoms with E-state index in [0.717, 1.165) is 19.5 Å². The number of nitro benzene ring substituents is 1. The lowest BCUT2D eigenvalue weighted by molar-refractivity contribution is -0.696. The van der Waals surface area contributed by atoms with Gasteiger partial charge in [0, 0.05) is 18.0 Å². The summed E-state index contributed by atoms with van der Waals surface area (Å²) in [6.45, 7) is 3.95. The number of aromatic nitrogens is 4. The molecule has 2 aromatic heterocycles. The summed E-state index contributed by atoms with van der Waals surface area (Å²) in [6, 6.07) is 4.86. The maximum Gasteiger partial charge on any atom is 0.272 e. The third kappa shape index (κ3) is 3.39. The SMILES string of the molecule is CCCC[n+]1ccn(CCc2nc3cccc([N+](=O)[O-])c3[n-]2)c1. The average molecular weight is 313 g/mol. The Kier molecular flexibility index (Phi) is 4.36. The highest BCUT2D eigenvalue weighted by atomic mass is 16.6. The van der Waals surface area contributed by atoms with Crippen LogP contribution in [0.4, 0.5) is 5.69 Å². The van der Waals surface area contributed by atoms with Gasteiger partial charge in [-0.3, -0.25) is 10.1 Å². The first-order valence-electron chi connectivity index (χ1n) is 7.79.